The van der Waals surface area contributed by atoms with E-state index in [0.29, 0.717) is 6.42 Å². The Morgan fingerprint density at radius 1 is 1.38 bits per heavy atom. The number of carbonyl (C=O) groups is 1. The van der Waals surface area contributed by atoms with Crippen molar-refractivity contribution < 1.29 is 4.79 Å². The maximum atomic E-state index is 11.7. The highest BCUT2D eigenvalue weighted by atomic mass is 32.2. The summed E-state index contributed by atoms with van der Waals surface area (Å²) in [5, 5.41) is 2.92. The van der Waals surface area contributed by atoms with Gasteiger partial charge in [0.05, 0.1) is 0 Å². The van der Waals surface area contributed by atoms with Crippen LogP contribution in [-0.2, 0) is 4.79 Å². The molecule has 0 aromatic heterocycles. The second kappa shape index (κ2) is 5.39. The molecule has 0 saturated carbocycles. The number of amides is 1. The van der Waals surface area contributed by atoms with Gasteiger partial charge in [-0.1, -0.05) is 26.8 Å². The monoisotopic (exact) mass is 237 g/mol. The Balaban J connectivity index is 2.62. The Hall–Kier alpha value is -0.960. The third-order valence-corrected chi connectivity index (χ3v) is 2.77. The number of rotatable bonds is 3. The minimum atomic E-state index is 0.0290. The SMILES string of the molecule is CSc1cccc(NC(=O)CC(C)(C)C)c1. The number of carbonyl (C=O) groups excluding carboxylic acids is 1. The van der Waals surface area contributed by atoms with Gasteiger partial charge in [0.25, 0.3) is 0 Å². The fourth-order valence-corrected chi connectivity index (χ4v) is 1.85. The molecule has 0 radical (unpaired) electrons. The zero-order valence-electron chi connectivity index (χ0n) is 10.3. The van der Waals surface area contributed by atoms with Crippen LogP contribution in [0.15, 0.2) is 29.2 Å². The maximum absolute atomic E-state index is 11.7. The van der Waals surface area contributed by atoms with Gasteiger partial charge in [0.2, 0.25) is 5.91 Å². The van der Waals surface area contributed by atoms with Crippen LogP contribution in [0.3, 0.4) is 0 Å². The summed E-state index contributed by atoms with van der Waals surface area (Å²) in [6.07, 6.45) is 2.56. The third kappa shape index (κ3) is 4.71. The zero-order valence-corrected chi connectivity index (χ0v) is 11.1. The number of hydrogen-bond donors (Lipinski definition) is 1. The minimum absolute atomic E-state index is 0.0290. The number of hydrogen-bond acceptors (Lipinski definition) is 2. The first-order chi connectivity index (χ1) is 7.40. The first-order valence-electron chi connectivity index (χ1n) is 5.34. The van der Waals surface area contributed by atoms with Gasteiger partial charge in [-0.15, -0.1) is 11.8 Å². The molecule has 1 amide bonds. The topological polar surface area (TPSA) is 29.1 Å². The summed E-state index contributed by atoms with van der Waals surface area (Å²) in [4.78, 5) is 12.9. The van der Waals surface area contributed by atoms with E-state index in [1.807, 2.05) is 30.5 Å². The van der Waals surface area contributed by atoms with Crippen LogP contribution in [0, 0.1) is 5.41 Å². The standard InChI is InChI=1S/C13H19NOS/c1-13(2,3)9-12(15)14-10-6-5-7-11(8-10)16-4/h5-8H,9H2,1-4H3,(H,14,15). The van der Waals surface area contributed by atoms with E-state index in [1.165, 1.54) is 0 Å². The predicted molar refractivity (Wildman–Crippen MR) is 70.9 cm³/mol. The molecule has 0 saturated heterocycles. The highest BCUT2D eigenvalue weighted by molar-refractivity contribution is 7.98. The van der Waals surface area contributed by atoms with Crippen molar-refractivity contribution in [2.45, 2.75) is 32.1 Å². The average molecular weight is 237 g/mol. The lowest BCUT2D eigenvalue weighted by Crippen LogP contribution is -2.19. The van der Waals surface area contributed by atoms with Crippen molar-refractivity contribution in [3.63, 3.8) is 0 Å². The summed E-state index contributed by atoms with van der Waals surface area (Å²) in [7, 11) is 0. The number of benzene rings is 1. The molecule has 0 aliphatic carbocycles. The Kier molecular flexibility index (Phi) is 4.42. The fraction of sp³-hybridized carbons (Fsp3) is 0.462. The second-order valence-corrected chi connectivity index (χ2v) is 5.90. The molecule has 0 heterocycles. The van der Waals surface area contributed by atoms with Crippen molar-refractivity contribution in [1.29, 1.82) is 0 Å². The number of nitrogens with one attached hydrogen (secondary N) is 1. The first kappa shape index (κ1) is 13.1. The van der Waals surface area contributed by atoms with Crippen LogP contribution in [0.2, 0.25) is 0 Å². The molecule has 1 rings (SSSR count). The number of anilines is 1. The van der Waals surface area contributed by atoms with Crippen molar-refractivity contribution in [3.05, 3.63) is 24.3 Å². The van der Waals surface area contributed by atoms with Crippen LogP contribution in [0.5, 0.6) is 0 Å². The second-order valence-electron chi connectivity index (χ2n) is 5.02. The molecular weight excluding hydrogens is 218 g/mol. The maximum Gasteiger partial charge on any atom is 0.224 e. The summed E-state index contributed by atoms with van der Waals surface area (Å²) < 4.78 is 0. The molecule has 2 nitrogen and oxygen atoms in total. The van der Waals surface area contributed by atoms with Crippen LogP contribution < -0.4 is 5.32 Å². The van der Waals surface area contributed by atoms with Gasteiger partial charge in [-0.05, 0) is 29.9 Å². The van der Waals surface area contributed by atoms with E-state index in [4.69, 9.17) is 0 Å². The van der Waals surface area contributed by atoms with Gasteiger partial charge in [-0.2, -0.15) is 0 Å². The van der Waals surface area contributed by atoms with Crippen molar-refractivity contribution in [2.24, 2.45) is 5.41 Å². The molecular formula is C13H19NOS. The van der Waals surface area contributed by atoms with E-state index in [1.54, 1.807) is 11.8 Å². The van der Waals surface area contributed by atoms with Gasteiger partial charge < -0.3 is 5.32 Å². The van der Waals surface area contributed by atoms with Crippen molar-refractivity contribution >= 4 is 23.4 Å². The summed E-state index contributed by atoms with van der Waals surface area (Å²) in [6, 6.07) is 7.90. The van der Waals surface area contributed by atoms with E-state index in [-0.39, 0.29) is 11.3 Å². The third-order valence-electron chi connectivity index (χ3n) is 2.04. The quantitative estimate of drug-likeness (QED) is 0.810. The highest BCUT2D eigenvalue weighted by Gasteiger charge is 2.15. The minimum Gasteiger partial charge on any atom is -0.326 e. The lowest BCUT2D eigenvalue weighted by atomic mass is 9.92. The Morgan fingerprint density at radius 2 is 2.06 bits per heavy atom. The average Bonchev–Trinajstić information content (AvgIpc) is 2.15. The Bertz CT molecular complexity index is 368. The summed E-state index contributed by atoms with van der Waals surface area (Å²) in [5.74, 6) is 0.0748. The molecule has 0 aliphatic rings. The van der Waals surface area contributed by atoms with Crippen LogP contribution >= 0.6 is 11.8 Å². The molecule has 88 valence electrons. The Labute approximate surface area is 102 Å². The number of thioether (sulfide) groups is 1. The van der Waals surface area contributed by atoms with Crippen LogP contribution in [0.25, 0.3) is 0 Å². The van der Waals surface area contributed by atoms with Gasteiger partial charge in [0.15, 0.2) is 0 Å². The lowest BCUT2D eigenvalue weighted by Gasteiger charge is -2.17. The van der Waals surface area contributed by atoms with Gasteiger partial charge in [0, 0.05) is 17.0 Å². The van der Waals surface area contributed by atoms with E-state index in [0.717, 1.165) is 10.6 Å². The predicted octanol–water partition coefficient (Wildman–Crippen LogP) is 3.78. The highest BCUT2D eigenvalue weighted by Crippen LogP contribution is 2.22. The van der Waals surface area contributed by atoms with Gasteiger partial charge in [-0.3, -0.25) is 4.79 Å². The normalized spacial score (nSPS) is 11.2. The molecule has 0 aliphatic heterocycles. The van der Waals surface area contributed by atoms with Gasteiger partial charge in [0.1, 0.15) is 0 Å². The Morgan fingerprint density at radius 3 is 2.62 bits per heavy atom. The molecule has 0 atom stereocenters. The van der Waals surface area contributed by atoms with E-state index >= 15 is 0 Å². The van der Waals surface area contributed by atoms with Crippen LogP contribution in [-0.4, -0.2) is 12.2 Å². The van der Waals surface area contributed by atoms with E-state index < -0.39 is 0 Å². The van der Waals surface area contributed by atoms with Crippen molar-refractivity contribution in [1.82, 2.24) is 0 Å². The summed E-state index contributed by atoms with van der Waals surface area (Å²) in [6.45, 7) is 6.18. The van der Waals surface area contributed by atoms with Crippen molar-refractivity contribution in [3.8, 4) is 0 Å². The van der Waals surface area contributed by atoms with Crippen LogP contribution in [0.1, 0.15) is 27.2 Å². The fourth-order valence-electron chi connectivity index (χ4n) is 1.39. The van der Waals surface area contributed by atoms with Gasteiger partial charge >= 0.3 is 0 Å². The lowest BCUT2D eigenvalue weighted by molar-refractivity contribution is -0.117. The molecule has 0 unspecified atom stereocenters. The molecule has 0 bridgehead atoms. The smallest absolute Gasteiger partial charge is 0.224 e. The van der Waals surface area contributed by atoms with E-state index in [9.17, 15) is 4.79 Å². The van der Waals surface area contributed by atoms with Gasteiger partial charge in [-0.25, -0.2) is 0 Å². The van der Waals surface area contributed by atoms with E-state index in [2.05, 4.69) is 26.1 Å². The molecule has 1 aromatic carbocycles. The molecule has 3 heteroatoms. The molecule has 0 fully saturated rings. The zero-order chi connectivity index (χ0) is 12.2. The molecule has 0 spiro atoms. The molecule has 16 heavy (non-hydrogen) atoms. The summed E-state index contributed by atoms with van der Waals surface area (Å²) in [5.41, 5.74) is 0.905. The van der Waals surface area contributed by atoms with Crippen LogP contribution in [0.4, 0.5) is 5.69 Å². The van der Waals surface area contributed by atoms with Crippen molar-refractivity contribution in [2.75, 3.05) is 11.6 Å². The largest absolute Gasteiger partial charge is 0.326 e. The summed E-state index contributed by atoms with van der Waals surface area (Å²) >= 11 is 1.67. The molecule has 1 N–H and O–H groups in total. The first-order valence-corrected chi connectivity index (χ1v) is 6.57. The molecule has 1 aromatic rings.